The van der Waals surface area contributed by atoms with Gasteiger partial charge in [-0.05, 0) is 65.0 Å². The fourth-order valence-corrected chi connectivity index (χ4v) is 4.87. The molecule has 2 N–H and O–H groups in total. The second kappa shape index (κ2) is 12.3. The van der Waals surface area contributed by atoms with Crippen molar-refractivity contribution < 1.29 is 9.90 Å². The largest absolute Gasteiger partial charge is 0.465 e. The number of benzene rings is 1. The quantitative estimate of drug-likeness (QED) is 0.525. The summed E-state index contributed by atoms with van der Waals surface area (Å²) in [5.41, 5.74) is 4.41. The Bertz CT molecular complexity index is 1250. The van der Waals surface area contributed by atoms with Gasteiger partial charge in [0.1, 0.15) is 5.82 Å². The van der Waals surface area contributed by atoms with Crippen molar-refractivity contribution in [3.63, 3.8) is 0 Å². The number of aryl methyl sites for hydroxylation is 1. The molecule has 10 nitrogen and oxygen atoms in total. The van der Waals surface area contributed by atoms with Crippen LogP contribution in [0.15, 0.2) is 36.7 Å². The number of rotatable bonds is 4. The molecule has 2 saturated heterocycles. The number of nitrogens with one attached hydrogen (secondary N) is 1. The fraction of sp³-hybridized carbons (Fsp3) is 0.552. The number of hydrogen-bond donors (Lipinski definition) is 2. The molecule has 0 atom stereocenters. The minimum Gasteiger partial charge on any atom is -0.465 e. The number of anilines is 1. The predicted octanol–water partition coefficient (Wildman–Crippen LogP) is 3.26. The van der Waals surface area contributed by atoms with Crippen molar-refractivity contribution in [1.82, 2.24) is 34.6 Å². The van der Waals surface area contributed by atoms with Gasteiger partial charge in [0.25, 0.3) is 0 Å². The first-order valence-corrected chi connectivity index (χ1v) is 13.8. The maximum Gasteiger partial charge on any atom is 0.408 e. The smallest absolute Gasteiger partial charge is 0.408 e. The molecule has 0 radical (unpaired) electrons. The monoisotopic (exact) mass is 536 g/mol. The van der Waals surface area contributed by atoms with Crippen LogP contribution >= 0.6 is 0 Å². The highest BCUT2D eigenvalue weighted by Gasteiger charge is 2.27. The van der Waals surface area contributed by atoms with Crippen molar-refractivity contribution in [2.75, 3.05) is 71.4 Å². The van der Waals surface area contributed by atoms with Gasteiger partial charge in [0.05, 0.1) is 23.6 Å². The second-order valence-corrected chi connectivity index (χ2v) is 11.6. The molecule has 212 valence electrons. The first kappa shape index (κ1) is 28.8. The molecule has 2 aliphatic heterocycles. The van der Waals surface area contributed by atoms with E-state index in [4.69, 9.17) is 4.98 Å². The summed E-state index contributed by atoms with van der Waals surface area (Å²) in [4.78, 5) is 25.2. The Hall–Kier alpha value is -3.21. The summed E-state index contributed by atoms with van der Waals surface area (Å²) >= 11 is 0. The van der Waals surface area contributed by atoms with Gasteiger partial charge in [-0.3, -0.25) is 4.90 Å². The molecule has 2 aliphatic rings. The lowest BCUT2D eigenvalue weighted by molar-refractivity contribution is 0.0954. The van der Waals surface area contributed by atoms with Crippen molar-refractivity contribution in [3.8, 4) is 11.3 Å². The van der Waals surface area contributed by atoms with Crippen molar-refractivity contribution in [1.29, 1.82) is 0 Å². The van der Waals surface area contributed by atoms with E-state index < -0.39 is 11.6 Å². The summed E-state index contributed by atoms with van der Waals surface area (Å²) in [7, 11) is 4.29. The predicted molar refractivity (Wildman–Crippen MR) is 157 cm³/mol. The average Bonchev–Trinajstić information content (AvgIpc) is 3.36. The molecule has 39 heavy (non-hydrogen) atoms. The van der Waals surface area contributed by atoms with Gasteiger partial charge < -0.3 is 25.1 Å². The van der Waals surface area contributed by atoms with Crippen LogP contribution in [-0.4, -0.2) is 112 Å². The van der Waals surface area contributed by atoms with Crippen LogP contribution in [0.3, 0.4) is 0 Å². The number of hydrogen-bond acceptors (Lipinski definition) is 7. The fourth-order valence-electron chi connectivity index (χ4n) is 4.87. The Morgan fingerprint density at radius 1 is 1.03 bits per heavy atom. The van der Waals surface area contributed by atoms with Crippen LogP contribution in [0.4, 0.5) is 10.6 Å². The van der Waals surface area contributed by atoms with E-state index in [-0.39, 0.29) is 0 Å². The maximum atomic E-state index is 11.8. The van der Waals surface area contributed by atoms with Gasteiger partial charge in [0.15, 0.2) is 0 Å². The lowest BCUT2D eigenvalue weighted by atomic mass is 10.00. The van der Waals surface area contributed by atoms with E-state index in [0.29, 0.717) is 6.54 Å². The molecule has 0 bridgehead atoms. The van der Waals surface area contributed by atoms with Crippen LogP contribution in [-0.2, 0) is 6.54 Å². The zero-order valence-corrected chi connectivity index (χ0v) is 24.3. The molecule has 2 fully saturated rings. The van der Waals surface area contributed by atoms with E-state index in [1.54, 1.807) is 6.20 Å². The number of likely N-dealkylation sites (N-methyl/N-ethyl adjacent to an activating group) is 2. The van der Waals surface area contributed by atoms with Gasteiger partial charge in [-0.25, -0.2) is 14.3 Å². The van der Waals surface area contributed by atoms with Crippen LogP contribution < -0.4 is 10.2 Å². The van der Waals surface area contributed by atoms with Gasteiger partial charge in [0.2, 0.25) is 0 Å². The van der Waals surface area contributed by atoms with E-state index in [1.807, 2.05) is 56.6 Å². The minimum atomic E-state index is -0.913. The first-order chi connectivity index (χ1) is 18.5. The molecular weight excluding hydrogens is 492 g/mol. The zero-order valence-electron chi connectivity index (χ0n) is 24.3. The van der Waals surface area contributed by atoms with Crippen molar-refractivity contribution in [2.45, 2.75) is 39.8 Å². The standard InChI is InChI=1S/C24H32N6O2.C5H12N2/c1-17-14-18(6-7-19(17)15-29(23(31)32)24(2,3)4)22-20-8-9-25-30(20)16-21(26-22)28-12-10-27(5)11-13-28;1-7-4-2-6-3-5-7/h6-9,14,16H,10-13,15H2,1-5H3,(H,31,32);6H,2-5H2,1H3. The van der Waals surface area contributed by atoms with E-state index in [1.165, 1.54) is 18.0 Å². The Labute approximate surface area is 232 Å². The van der Waals surface area contributed by atoms with Crippen molar-refractivity contribution >= 4 is 17.4 Å². The normalized spacial score (nSPS) is 17.1. The highest BCUT2D eigenvalue weighted by atomic mass is 16.4. The Kier molecular flexibility index (Phi) is 9.09. The molecular formula is C29H44N8O2. The summed E-state index contributed by atoms with van der Waals surface area (Å²) in [5, 5.41) is 17.4. The van der Waals surface area contributed by atoms with Crippen molar-refractivity contribution in [2.24, 2.45) is 0 Å². The van der Waals surface area contributed by atoms with E-state index >= 15 is 0 Å². The van der Waals surface area contributed by atoms with E-state index in [9.17, 15) is 9.90 Å². The third kappa shape index (κ3) is 7.26. The van der Waals surface area contributed by atoms with E-state index in [0.717, 1.165) is 73.0 Å². The Balaban J connectivity index is 0.000000438. The van der Waals surface area contributed by atoms with Gasteiger partial charge in [-0.2, -0.15) is 5.10 Å². The van der Waals surface area contributed by atoms with Crippen molar-refractivity contribution in [3.05, 3.63) is 47.8 Å². The maximum absolute atomic E-state index is 11.8. The molecule has 4 heterocycles. The zero-order chi connectivity index (χ0) is 28.2. The topological polar surface area (TPSA) is 92.5 Å². The number of fused-ring (bicyclic) bond motifs is 1. The molecule has 0 aliphatic carbocycles. The SMILES string of the molecule is CN1CCNCC1.Cc1cc(-c2nc(N3CCN(C)CC3)cn3nccc23)ccc1CN(C(=O)O)C(C)(C)C. The molecule has 0 saturated carbocycles. The first-order valence-electron chi connectivity index (χ1n) is 13.8. The molecule has 2 aromatic heterocycles. The number of nitrogens with zero attached hydrogens (tertiary/aromatic N) is 7. The third-order valence-electron chi connectivity index (χ3n) is 7.53. The van der Waals surface area contributed by atoms with Gasteiger partial charge in [-0.1, -0.05) is 12.1 Å². The lowest BCUT2D eigenvalue weighted by Crippen LogP contribution is -2.45. The Morgan fingerprint density at radius 2 is 1.69 bits per heavy atom. The average molecular weight is 537 g/mol. The molecule has 10 heteroatoms. The summed E-state index contributed by atoms with van der Waals surface area (Å²) in [6.07, 6.45) is 2.88. The summed E-state index contributed by atoms with van der Waals surface area (Å²) in [5.74, 6) is 0.927. The highest BCUT2D eigenvalue weighted by Crippen LogP contribution is 2.29. The molecule has 1 aromatic carbocycles. The van der Waals surface area contributed by atoms with Crippen LogP contribution in [0.1, 0.15) is 31.9 Å². The summed E-state index contributed by atoms with van der Waals surface area (Å²) in [6, 6.07) is 8.13. The number of carboxylic acid groups (broad SMARTS) is 1. The second-order valence-electron chi connectivity index (χ2n) is 11.6. The minimum absolute atomic E-state index is 0.349. The van der Waals surface area contributed by atoms with Crippen LogP contribution in [0.2, 0.25) is 0 Å². The number of carbonyl (C=O) groups is 1. The molecule has 0 unspecified atom stereocenters. The van der Waals surface area contributed by atoms with Gasteiger partial charge >= 0.3 is 6.09 Å². The molecule has 0 spiro atoms. The number of amides is 1. The lowest BCUT2D eigenvalue weighted by Gasteiger charge is -2.33. The van der Waals surface area contributed by atoms with Crippen LogP contribution in [0.25, 0.3) is 16.8 Å². The number of piperazine rings is 2. The van der Waals surface area contributed by atoms with Gasteiger partial charge in [0, 0.05) is 70.0 Å². The van der Waals surface area contributed by atoms with E-state index in [2.05, 4.69) is 45.3 Å². The van der Waals surface area contributed by atoms with Gasteiger partial charge in [-0.15, -0.1) is 0 Å². The molecule has 5 rings (SSSR count). The molecule has 1 amide bonds. The Morgan fingerprint density at radius 3 is 2.26 bits per heavy atom. The highest BCUT2D eigenvalue weighted by molar-refractivity contribution is 5.78. The summed E-state index contributed by atoms with van der Waals surface area (Å²) in [6.45, 7) is 16.7. The summed E-state index contributed by atoms with van der Waals surface area (Å²) < 4.78 is 1.89. The van der Waals surface area contributed by atoms with Crippen LogP contribution in [0.5, 0.6) is 0 Å². The third-order valence-corrected chi connectivity index (χ3v) is 7.53. The van der Waals surface area contributed by atoms with Crippen LogP contribution in [0, 0.1) is 6.92 Å². The number of aromatic nitrogens is 3. The molecule has 3 aromatic rings.